The molecule has 3 rings (SSSR count). The van der Waals surface area contributed by atoms with E-state index in [-0.39, 0.29) is 0 Å². The second-order valence-corrected chi connectivity index (χ2v) is 6.05. The van der Waals surface area contributed by atoms with E-state index < -0.39 is 0 Å². The van der Waals surface area contributed by atoms with Gasteiger partial charge in [-0.2, -0.15) is 0 Å². The number of hydrogen-bond acceptors (Lipinski definition) is 2. The first kappa shape index (κ1) is 13.4. The molecule has 0 amide bonds. The van der Waals surface area contributed by atoms with Crippen LogP contribution in [0.3, 0.4) is 0 Å². The van der Waals surface area contributed by atoms with Gasteiger partial charge in [-0.05, 0) is 48.9 Å². The fraction of sp³-hybridized carbons (Fsp3) is 0.471. The molecule has 3 heteroatoms. The van der Waals surface area contributed by atoms with Gasteiger partial charge in [0.15, 0.2) is 0 Å². The zero-order valence-corrected chi connectivity index (χ0v) is 12.1. The standard InChI is InChI=1S/C17H23N3/c1-14-2-3-16(10-14)12-19-11-15-4-6-17(7-5-15)20-9-8-18-13-20/h4-9,13-14,16,19H,2-3,10-12H2,1H3. The molecule has 106 valence electrons. The maximum Gasteiger partial charge on any atom is 0.0991 e. The Hall–Kier alpha value is -1.61. The summed E-state index contributed by atoms with van der Waals surface area (Å²) in [6.45, 7) is 4.50. The molecule has 20 heavy (non-hydrogen) atoms. The van der Waals surface area contributed by atoms with E-state index in [0.29, 0.717) is 0 Å². The lowest BCUT2D eigenvalue weighted by atomic mass is 10.1. The van der Waals surface area contributed by atoms with Crippen LogP contribution >= 0.6 is 0 Å². The Labute approximate surface area is 121 Å². The Morgan fingerprint density at radius 1 is 1.25 bits per heavy atom. The van der Waals surface area contributed by atoms with Gasteiger partial charge in [0.25, 0.3) is 0 Å². The average molecular weight is 269 g/mol. The minimum Gasteiger partial charge on any atom is -0.312 e. The predicted molar refractivity (Wildman–Crippen MR) is 81.8 cm³/mol. The molecule has 2 unspecified atom stereocenters. The van der Waals surface area contributed by atoms with Gasteiger partial charge >= 0.3 is 0 Å². The highest BCUT2D eigenvalue weighted by molar-refractivity contribution is 5.34. The fourth-order valence-corrected chi connectivity index (χ4v) is 3.13. The maximum absolute atomic E-state index is 4.07. The molecule has 1 aromatic heterocycles. The van der Waals surface area contributed by atoms with Gasteiger partial charge in [-0.3, -0.25) is 0 Å². The molecule has 1 heterocycles. The van der Waals surface area contributed by atoms with Crippen LogP contribution in [0.1, 0.15) is 31.7 Å². The third-order valence-corrected chi connectivity index (χ3v) is 4.30. The maximum atomic E-state index is 4.07. The van der Waals surface area contributed by atoms with Gasteiger partial charge in [0.1, 0.15) is 0 Å². The van der Waals surface area contributed by atoms with Crippen LogP contribution in [0.5, 0.6) is 0 Å². The molecule has 2 aromatic rings. The van der Waals surface area contributed by atoms with E-state index in [9.17, 15) is 0 Å². The van der Waals surface area contributed by atoms with E-state index in [4.69, 9.17) is 0 Å². The van der Waals surface area contributed by atoms with Crippen molar-refractivity contribution in [2.24, 2.45) is 11.8 Å². The molecule has 0 aliphatic heterocycles. The van der Waals surface area contributed by atoms with Gasteiger partial charge in [0.2, 0.25) is 0 Å². The molecule has 0 bridgehead atoms. The van der Waals surface area contributed by atoms with E-state index in [1.54, 1.807) is 6.20 Å². The molecule has 2 atom stereocenters. The lowest BCUT2D eigenvalue weighted by molar-refractivity contribution is 0.470. The molecule has 1 saturated carbocycles. The molecule has 1 aliphatic carbocycles. The summed E-state index contributed by atoms with van der Waals surface area (Å²) in [7, 11) is 0. The van der Waals surface area contributed by atoms with Crippen molar-refractivity contribution >= 4 is 0 Å². The zero-order chi connectivity index (χ0) is 13.8. The van der Waals surface area contributed by atoms with Crippen molar-refractivity contribution in [2.75, 3.05) is 6.54 Å². The van der Waals surface area contributed by atoms with Crippen molar-refractivity contribution in [1.29, 1.82) is 0 Å². The first-order valence-electron chi connectivity index (χ1n) is 7.59. The van der Waals surface area contributed by atoms with E-state index >= 15 is 0 Å². The monoisotopic (exact) mass is 269 g/mol. The highest BCUT2D eigenvalue weighted by Gasteiger charge is 2.20. The SMILES string of the molecule is CC1CCC(CNCc2ccc(-n3ccnc3)cc2)C1. The molecule has 1 aromatic carbocycles. The van der Waals surface area contributed by atoms with Crippen LogP contribution in [0, 0.1) is 11.8 Å². The summed E-state index contributed by atoms with van der Waals surface area (Å²) in [4.78, 5) is 4.07. The molecule has 3 nitrogen and oxygen atoms in total. The second kappa shape index (κ2) is 6.23. The van der Waals surface area contributed by atoms with Crippen LogP contribution in [0.2, 0.25) is 0 Å². The van der Waals surface area contributed by atoms with E-state index in [1.807, 2.05) is 17.1 Å². The first-order chi connectivity index (χ1) is 9.81. The number of hydrogen-bond donors (Lipinski definition) is 1. The topological polar surface area (TPSA) is 29.9 Å². The van der Waals surface area contributed by atoms with Crippen molar-refractivity contribution in [2.45, 2.75) is 32.7 Å². The van der Waals surface area contributed by atoms with Crippen LogP contribution < -0.4 is 5.32 Å². The fourth-order valence-electron chi connectivity index (χ4n) is 3.13. The molecule has 1 N–H and O–H groups in total. The number of benzene rings is 1. The van der Waals surface area contributed by atoms with Crippen molar-refractivity contribution in [3.05, 3.63) is 48.5 Å². The predicted octanol–water partition coefficient (Wildman–Crippen LogP) is 3.40. The Bertz CT molecular complexity index is 516. The number of imidazole rings is 1. The van der Waals surface area contributed by atoms with Crippen LogP contribution in [0.15, 0.2) is 43.0 Å². The first-order valence-corrected chi connectivity index (χ1v) is 7.59. The van der Waals surface area contributed by atoms with Crippen molar-refractivity contribution in [3.8, 4) is 5.69 Å². The second-order valence-electron chi connectivity index (χ2n) is 6.05. The molecular weight excluding hydrogens is 246 g/mol. The molecule has 0 spiro atoms. The highest BCUT2D eigenvalue weighted by atomic mass is 15.0. The molecule has 1 aliphatic rings. The number of aromatic nitrogens is 2. The summed E-state index contributed by atoms with van der Waals surface area (Å²) >= 11 is 0. The molecular formula is C17H23N3. The van der Waals surface area contributed by atoms with Gasteiger partial charge in [-0.15, -0.1) is 0 Å². The van der Waals surface area contributed by atoms with Crippen LogP contribution in [-0.2, 0) is 6.54 Å². The Morgan fingerprint density at radius 3 is 2.75 bits per heavy atom. The molecule has 0 radical (unpaired) electrons. The van der Waals surface area contributed by atoms with Gasteiger partial charge in [-0.25, -0.2) is 4.98 Å². The zero-order valence-electron chi connectivity index (χ0n) is 12.1. The Kier molecular flexibility index (Phi) is 4.16. The average Bonchev–Trinajstić information content (AvgIpc) is 3.11. The van der Waals surface area contributed by atoms with Gasteiger partial charge in [0, 0.05) is 24.6 Å². The quantitative estimate of drug-likeness (QED) is 0.901. The van der Waals surface area contributed by atoms with E-state index in [2.05, 4.69) is 41.5 Å². The van der Waals surface area contributed by atoms with Crippen LogP contribution in [-0.4, -0.2) is 16.1 Å². The summed E-state index contributed by atoms with van der Waals surface area (Å²) in [5, 5.41) is 3.60. The summed E-state index contributed by atoms with van der Waals surface area (Å²) in [5.74, 6) is 1.81. The lowest BCUT2D eigenvalue weighted by Crippen LogP contribution is -2.20. The number of nitrogens with zero attached hydrogens (tertiary/aromatic N) is 2. The Morgan fingerprint density at radius 2 is 2.10 bits per heavy atom. The van der Waals surface area contributed by atoms with Crippen molar-refractivity contribution in [1.82, 2.24) is 14.9 Å². The van der Waals surface area contributed by atoms with Gasteiger partial charge < -0.3 is 9.88 Å². The van der Waals surface area contributed by atoms with Crippen molar-refractivity contribution in [3.63, 3.8) is 0 Å². The van der Waals surface area contributed by atoms with Gasteiger partial charge in [-0.1, -0.05) is 25.5 Å². The van der Waals surface area contributed by atoms with Crippen LogP contribution in [0.25, 0.3) is 5.69 Å². The summed E-state index contributed by atoms with van der Waals surface area (Å²) in [5.41, 5.74) is 2.51. The lowest BCUT2D eigenvalue weighted by Gasteiger charge is -2.11. The van der Waals surface area contributed by atoms with Gasteiger partial charge in [0.05, 0.1) is 6.33 Å². The normalized spacial score (nSPS) is 22.2. The highest BCUT2D eigenvalue weighted by Crippen LogP contribution is 2.29. The Balaban J connectivity index is 1.49. The third kappa shape index (κ3) is 3.28. The summed E-state index contributed by atoms with van der Waals surface area (Å²) in [6, 6.07) is 8.69. The number of nitrogens with one attached hydrogen (secondary N) is 1. The molecule has 1 fully saturated rings. The largest absolute Gasteiger partial charge is 0.312 e. The summed E-state index contributed by atoms with van der Waals surface area (Å²) < 4.78 is 2.02. The van der Waals surface area contributed by atoms with E-state index in [1.165, 1.54) is 24.8 Å². The minimum atomic E-state index is 0.884. The minimum absolute atomic E-state index is 0.884. The third-order valence-electron chi connectivity index (χ3n) is 4.30. The smallest absolute Gasteiger partial charge is 0.0991 e. The number of rotatable bonds is 5. The van der Waals surface area contributed by atoms with Crippen LogP contribution in [0.4, 0.5) is 0 Å². The molecule has 0 saturated heterocycles. The van der Waals surface area contributed by atoms with E-state index in [0.717, 1.165) is 30.6 Å². The van der Waals surface area contributed by atoms with Crippen molar-refractivity contribution < 1.29 is 0 Å². The summed E-state index contributed by atoms with van der Waals surface area (Å²) in [6.07, 6.45) is 9.80.